The minimum absolute atomic E-state index is 0.0769. The standard InChI is InChI=1S/C31H32Br2N2O4/c1-30(2)12-21-27(23(36)14-30)26(28-22(35-21)13-31(3,4)15-24(28)37)17-10-19(32)29(20(33)11-17)39-16-25(38)34-18-8-6-5-7-9-18/h5-11,26,35H,12-16H2,1-4H3,(H,34,38). The molecule has 5 rings (SSSR count). The van der Waals surface area contributed by atoms with Gasteiger partial charge < -0.3 is 15.4 Å². The normalized spacial score (nSPS) is 20.3. The lowest BCUT2D eigenvalue weighted by Crippen LogP contribution is -2.42. The molecule has 0 spiro atoms. The highest BCUT2D eigenvalue weighted by atomic mass is 79.9. The third kappa shape index (κ3) is 5.78. The Morgan fingerprint density at radius 3 is 1.92 bits per heavy atom. The first-order valence-corrected chi connectivity index (χ1v) is 14.7. The van der Waals surface area contributed by atoms with Crippen molar-refractivity contribution >= 4 is 55.0 Å². The summed E-state index contributed by atoms with van der Waals surface area (Å²) in [5, 5.41) is 6.36. The van der Waals surface area contributed by atoms with E-state index in [0.29, 0.717) is 44.4 Å². The van der Waals surface area contributed by atoms with Gasteiger partial charge in [-0.1, -0.05) is 45.9 Å². The molecule has 1 heterocycles. The fourth-order valence-electron chi connectivity index (χ4n) is 5.96. The maximum Gasteiger partial charge on any atom is 0.262 e. The van der Waals surface area contributed by atoms with E-state index in [1.165, 1.54) is 0 Å². The fraction of sp³-hybridized carbons (Fsp3) is 0.387. The molecule has 3 aliphatic rings. The molecular formula is C31H32Br2N2O4. The molecule has 2 aromatic rings. The topological polar surface area (TPSA) is 84.5 Å². The van der Waals surface area contributed by atoms with Gasteiger partial charge in [-0.05, 0) is 85.4 Å². The van der Waals surface area contributed by atoms with Crippen molar-refractivity contribution in [2.45, 2.75) is 59.3 Å². The molecule has 0 bridgehead atoms. The van der Waals surface area contributed by atoms with Crippen LogP contribution in [0.15, 0.2) is 74.0 Å². The molecule has 1 amide bonds. The number of halogens is 2. The third-order valence-electron chi connectivity index (χ3n) is 7.48. The van der Waals surface area contributed by atoms with E-state index in [2.05, 4.69) is 70.2 Å². The summed E-state index contributed by atoms with van der Waals surface area (Å²) in [4.78, 5) is 39.6. The Bertz CT molecular complexity index is 1360. The molecule has 8 heteroatoms. The van der Waals surface area contributed by atoms with Crippen LogP contribution in [0.5, 0.6) is 5.75 Å². The molecule has 39 heavy (non-hydrogen) atoms. The van der Waals surface area contributed by atoms with E-state index in [-0.39, 0.29) is 34.9 Å². The second-order valence-corrected chi connectivity index (χ2v) is 13.9. The average molecular weight is 656 g/mol. The summed E-state index contributed by atoms with van der Waals surface area (Å²) in [7, 11) is 0. The Kier molecular flexibility index (Phi) is 7.40. The van der Waals surface area contributed by atoms with Gasteiger partial charge in [-0.15, -0.1) is 0 Å². The summed E-state index contributed by atoms with van der Waals surface area (Å²) in [6, 6.07) is 13.0. The van der Waals surface area contributed by atoms with Crippen molar-refractivity contribution in [3.63, 3.8) is 0 Å². The Morgan fingerprint density at radius 2 is 1.41 bits per heavy atom. The molecule has 0 atom stereocenters. The minimum Gasteiger partial charge on any atom is -0.481 e. The number of carbonyl (C=O) groups excluding carboxylic acids is 3. The van der Waals surface area contributed by atoms with E-state index >= 15 is 0 Å². The second kappa shape index (κ2) is 10.4. The summed E-state index contributed by atoms with van der Waals surface area (Å²) in [5.74, 6) is -0.1000. The molecule has 0 fully saturated rings. The first kappa shape index (κ1) is 27.8. The SMILES string of the molecule is CC1(C)CC(=O)C2=C(C1)NC1=C(C(=O)CC(C)(C)C1)C2c1cc(Br)c(OCC(=O)Nc2ccccc2)c(Br)c1. The number of ketones is 2. The highest BCUT2D eigenvalue weighted by Crippen LogP contribution is 2.52. The number of carbonyl (C=O) groups is 3. The lowest BCUT2D eigenvalue weighted by Gasteiger charge is -2.44. The van der Waals surface area contributed by atoms with Crippen molar-refractivity contribution in [1.82, 2.24) is 5.32 Å². The van der Waals surface area contributed by atoms with Crippen molar-refractivity contribution in [3.8, 4) is 5.75 Å². The lowest BCUT2D eigenvalue weighted by molar-refractivity contribution is -0.119. The molecule has 0 unspecified atom stereocenters. The van der Waals surface area contributed by atoms with Crippen LogP contribution < -0.4 is 15.4 Å². The van der Waals surface area contributed by atoms with Crippen molar-refractivity contribution in [2.24, 2.45) is 10.8 Å². The zero-order valence-corrected chi connectivity index (χ0v) is 25.7. The van der Waals surface area contributed by atoms with Crippen LogP contribution in [0.3, 0.4) is 0 Å². The molecular weight excluding hydrogens is 624 g/mol. The monoisotopic (exact) mass is 654 g/mol. The first-order chi connectivity index (χ1) is 18.3. The average Bonchev–Trinajstić information content (AvgIpc) is 2.81. The Morgan fingerprint density at radius 1 is 0.897 bits per heavy atom. The predicted molar refractivity (Wildman–Crippen MR) is 158 cm³/mol. The van der Waals surface area contributed by atoms with Crippen molar-refractivity contribution in [1.29, 1.82) is 0 Å². The number of ether oxygens (including phenoxy) is 1. The third-order valence-corrected chi connectivity index (χ3v) is 8.66. The predicted octanol–water partition coefficient (Wildman–Crippen LogP) is 7.20. The lowest BCUT2D eigenvalue weighted by atomic mass is 9.64. The van der Waals surface area contributed by atoms with Gasteiger partial charge >= 0.3 is 0 Å². The number of Topliss-reactive ketones (excluding diaryl/α,β-unsaturated/α-hetero) is 2. The Balaban J connectivity index is 1.49. The van der Waals surface area contributed by atoms with Crippen molar-refractivity contribution < 1.29 is 19.1 Å². The highest BCUT2D eigenvalue weighted by molar-refractivity contribution is 9.11. The van der Waals surface area contributed by atoms with Crippen LogP contribution in [0, 0.1) is 10.8 Å². The van der Waals surface area contributed by atoms with Crippen LogP contribution in [0.1, 0.15) is 64.9 Å². The van der Waals surface area contributed by atoms with Crippen LogP contribution in [0.4, 0.5) is 5.69 Å². The van der Waals surface area contributed by atoms with Gasteiger partial charge in [-0.3, -0.25) is 14.4 Å². The van der Waals surface area contributed by atoms with Crippen molar-refractivity contribution in [3.05, 3.63) is 79.5 Å². The number of dihydropyridines is 1. The Hall–Kier alpha value is -2.71. The number of anilines is 1. The van der Waals surface area contributed by atoms with Crippen LogP contribution >= 0.6 is 31.9 Å². The van der Waals surface area contributed by atoms with E-state index in [1.54, 1.807) is 0 Å². The van der Waals surface area contributed by atoms with E-state index in [9.17, 15) is 14.4 Å². The number of para-hydroxylation sites is 1. The van der Waals surface area contributed by atoms with Gasteiger partial charge in [-0.25, -0.2) is 0 Å². The number of nitrogens with one attached hydrogen (secondary N) is 2. The first-order valence-electron chi connectivity index (χ1n) is 13.1. The van der Waals surface area contributed by atoms with Gasteiger partial charge in [0, 0.05) is 47.0 Å². The summed E-state index contributed by atoms with van der Waals surface area (Å²) < 4.78 is 7.15. The molecule has 204 valence electrons. The number of amides is 1. The van der Waals surface area contributed by atoms with Gasteiger partial charge in [0.1, 0.15) is 5.75 Å². The molecule has 1 aliphatic heterocycles. The summed E-state index contributed by atoms with van der Waals surface area (Å²) in [5.41, 5.74) is 4.45. The zero-order valence-electron chi connectivity index (χ0n) is 22.5. The number of allylic oxidation sites excluding steroid dienone is 4. The number of hydrogen-bond acceptors (Lipinski definition) is 5. The number of rotatable bonds is 5. The largest absolute Gasteiger partial charge is 0.481 e. The highest BCUT2D eigenvalue weighted by Gasteiger charge is 2.46. The van der Waals surface area contributed by atoms with Crippen LogP contribution in [0.2, 0.25) is 0 Å². The molecule has 0 aromatic heterocycles. The summed E-state index contributed by atoms with van der Waals surface area (Å²) in [6.07, 6.45) is 2.37. The number of benzene rings is 2. The second-order valence-electron chi connectivity index (χ2n) is 12.2. The molecule has 2 aromatic carbocycles. The van der Waals surface area contributed by atoms with Gasteiger partial charge in [0.2, 0.25) is 0 Å². The maximum atomic E-state index is 13.6. The van der Waals surface area contributed by atoms with Crippen molar-refractivity contribution in [2.75, 3.05) is 11.9 Å². The van der Waals surface area contributed by atoms with E-state index in [4.69, 9.17) is 4.74 Å². The molecule has 0 radical (unpaired) electrons. The zero-order chi connectivity index (χ0) is 28.1. The van der Waals surface area contributed by atoms with Crippen LogP contribution in [-0.4, -0.2) is 24.1 Å². The van der Waals surface area contributed by atoms with E-state index < -0.39 is 5.92 Å². The van der Waals surface area contributed by atoms with Gasteiger partial charge in [0.25, 0.3) is 5.91 Å². The molecule has 2 N–H and O–H groups in total. The minimum atomic E-state index is -0.452. The Labute approximate surface area is 245 Å². The van der Waals surface area contributed by atoms with Gasteiger partial charge in [-0.2, -0.15) is 0 Å². The summed E-state index contributed by atoms with van der Waals surface area (Å²) >= 11 is 7.24. The van der Waals surface area contributed by atoms with Gasteiger partial charge in [0.15, 0.2) is 18.2 Å². The maximum absolute atomic E-state index is 13.6. The molecule has 2 aliphatic carbocycles. The van der Waals surface area contributed by atoms with E-state index in [1.807, 2.05) is 42.5 Å². The van der Waals surface area contributed by atoms with E-state index in [0.717, 1.165) is 29.8 Å². The molecule has 0 saturated heterocycles. The van der Waals surface area contributed by atoms with Crippen LogP contribution in [-0.2, 0) is 14.4 Å². The molecule has 0 saturated carbocycles. The molecule has 6 nitrogen and oxygen atoms in total. The fourth-order valence-corrected chi connectivity index (χ4v) is 7.41. The van der Waals surface area contributed by atoms with Gasteiger partial charge in [0.05, 0.1) is 8.95 Å². The smallest absolute Gasteiger partial charge is 0.262 e. The van der Waals surface area contributed by atoms with Crippen LogP contribution in [0.25, 0.3) is 0 Å². The summed E-state index contributed by atoms with van der Waals surface area (Å²) in [6.45, 7) is 8.26. The number of hydrogen-bond donors (Lipinski definition) is 2. The quantitative estimate of drug-likeness (QED) is 0.356.